The Labute approximate surface area is 112 Å². The third-order valence-electron chi connectivity index (χ3n) is 2.38. The molecule has 86 valence electrons. The summed E-state index contributed by atoms with van der Waals surface area (Å²) in [7, 11) is 0. The second kappa shape index (κ2) is 5.45. The molecule has 0 saturated heterocycles. The molecule has 1 nitrogen and oxygen atoms in total. The van der Waals surface area contributed by atoms with Gasteiger partial charge in [-0.05, 0) is 40.5 Å². The van der Waals surface area contributed by atoms with E-state index in [-0.39, 0.29) is 6.10 Å². The molecule has 0 aliphatic heterocycles. The molecule has 0 fully saturated rings. The molecule has 2 rings (SSSR count). The fourth-order valence-electron chi connectivity index (χ4n) is 1.52. The third kappa shape index (κ3) is 2.94. The van der Waals surface area contributed by atoms with Crippen LogP contribution in [0.5, 0.6) is 0 Å². The van der Waals surface area contributed by atoms with E-state index in [1.165, 1.54) is 9.75 Å². The largest absolute Gasteiger partial charge is 0.387 e. The fourth-order valence-corrected chi connectivity index (χ4v) is 3.94. The number of hydrogen-bond donors (Lipinski definition) is 1. The molecule has 2 aromatic heterocycles. The van der Waals surface area contributed by atoms with Gasteiger partial charge in [0.15, 0.2) is 0 Å². The summed E-state index contributed by atoms with van der Waals surface area (Å²) in [5.41, 5.74) is 0. The van der Waals surface area contributed by atoms with Crippen molar-refractivity contribution in [1.29, 1.82) is 0 Å². The highest BCUT2D eigenvalue weighted by molar-refractivity contribution is 9.10. The first-order valence-corrected chi connectivity index (χ1v) is 7.67. The van der Waals surface area contributed by atoms with Gasteiger partial charge in [0.2, 0.25) is 0 Å². The quantitative estimate of drug-likeness (QED) is 0.885. The van der Waals surface area contributed by atoms with E-state index < -0.39 is 0 Å². The molecule has 4 heteroatoms. The van der Waals surface area contributed by atoms with Crippen LogP contribution in [0.3, 0.4) is 0 Å². The van der Waals surface area contributed by atoms with Crippen LogP contribution in [0.15, 0.2) is 28.1 Å². The average molecular weight is 317 g/mol. The average Bonchev–Trinajstić information content (AvgIpc) is 2.87. The fraction of sp³-hybridized carbons (Fsp3) is 0.333. The molecule has 0 spiro atoms. The Bertz CT molecular complexity index is 461. The van der Waals surface area contributed by atoms with Crippen molar-refractivity contribution in [3.8, 4) is 0 Å². The summed E-state index contributed by atoms with van der Waals surface area (Å²) < 4.78 is 1.10. The lowest BCUT2D eigenvalue weighted by Crippen LogP contribution is -1.97. The third-order valence-corrected chi connectivity index (χ3v) is 5.43. The Kier molecular flexibility index (Phi) is 4.19. The van der Waals surface area contributed by atoms with Crippen LogP contribution in [0.2, 0.25) is 0 Å². The van der Waals surface area contributed by atoms with Crippen molar-refractivity contribution in [3.05, 3.63) is 42.7 Å². The van der Waals surface area contributed by atoms with Crippen LogP contribution in [0.1, 0.15) is 27.7 Å². The van der Waals surface area contributed by atoms with E-state index in [2.05, 4.69) is 35.0 Å². The van der Waals surface area contributed by atoms with Gasteiger partial charge >= 0.3 is 0 Å². The lowest BCUT2D eigenvalue weighted by Gasteiger charge is -2.05. The molecule has 0 aliphatic rings. The molecule has 16 heavy (non-hydrogen) atoms. The highest BCUT2D eigenvalue weighted by Gasteiger charge is 2.12. The second-order valence-electron chi connectivity index (χ2n) is 3.61. The van der Waals surface area contributed by atoms with Crippen LogP contribution in [0.25, 0.3) is 0 Å². The lowest BCUT2D eigenvalue weighted by molar-refractivity contribution is 0.183. The van der Waals surface area contributed by atoms with Crippen LogP contribution in [0, 0.1) is 0 Å². The summed E-state index contributed by atoms with van der Waals surface area (Å²) in [6, 6.07) is 6.21. The van der Waals surface area contributed by atoms with Gasteiger partial charge in [-0.2, -0.15) is 0 Å². The molecule has 0 aliphatic carbocycles. The summed E-state index contributed by atoms with van der Waals surface area (Å²) in [6.45, 7) is 2.14. The topological polar surface area (TPSA) is 20.2 Å². The van der Waals surface area contributed by atoms with Crippen LogP contribution >= 0.6 is 38.6 Å². The SMILES string of the molecule is CCc1ccc(C(O)Cc2cc(Br)cs2)s1. The molecule has 2 aromatic rings. The zero-order valence-electron chi connectivity index (χ0n) is 8.94. The Morgan fingerprint density at radius 2 is 2.19 bits per heavy atom. The molecule has 0 bridgehead atoms. The summed E-state index contributed by atoms with van der Waals surface area (Å²) in [5.74, 6) is 0. The maximum atomic E-state index is 10.1. The Morgan fingerprint density at radius 1 is 1.38 bits per heavy atom. The molecule has 0 amide bonds. The van der Waals surface area contributed by atoms with Gasteiger partial charge in [0.25, 0.3) is 0 Å². The number of halogens is 1. The van der Waals surface area contributed by atoms with E-state index in [0.29, 0.717) is 6.42 Å². The minimum atomic E-state index is -0.365. The van der Waals surface area contributed by atoms with Gasteiger partial charge in [0.1, 0.15) is 0 Å². The number of aliphatic hydroxyl groups is 1. The van der Waals surface area contributed by atoms with Crippen molar-refractivity contribution < 1.29 is 5.11 Å². The lowest BCUT2D eigenvalue weighted by atomic mass is 10.2. The first kappa shape index (κ1) is 12.3. The van der Waals surface area contributed by atoms with E-state index in [9.17, 15) is 5.11 Å². The highest BCUT2D eigenvalue weighted by Crippen LogP contribution is 2.29. The summed E-state index contributed by atoms with van der Waals surface area (Å²) in [6.07, 6.45) is 1.39. The Hall–Kier alpha value is -0.160. The van der Waals surface area contributed by atoms with Crippen LogP contribution in [0.4, 0.5) is 0 Å². The highest BCUT2D eigenvalue weighted by atomic mass is 79.9. The van der Waals surface area contributed by atoms with E-state index in [4.69, 9.17) is 0 Å². The van der Waals surface area contributed by atoms with Crippen molar-refractivity contribution in [3.63, 3.8) is 0 Å². The number of aliphatic hydroxyl groups excluding tert-OH is 1. The molecular formula is C12H13BrOS2. The van der Waals surface area contributed by atoms with Gasteiger partial charge in [-0.15, -0.1) is 22.7 Å². The maximum absolute atomic E-state index is 10.1. The Balaban J connectivity index is 2.05. The zero-order chi connectivity index (χ0) is 11.5. The molecule has 0 saturated carbocycles. The van der Waals surface area contributed by atoms with Gasteiger partial charge in [-0.1, -0.05) is 6.92 Å². The number of thiophene rings is 2. The van der Waals surface area contributed by atoms with Crippen LogP contribution in [-0.2, 0) is 12.8 Å². The zero-order valence-corrected chi connectivity index (χ0v) is 12.2. The van der Waals surface area contributed by atoms with E-state index >= 15 is 0 Å². The Morgan fingerprint density at radius 3 is 2.75 bits per heavy atom. The molecule has 2 heterocycles. The summed E-state index contributed by atoms with van der Waals surface area (Å²) >= 11 is 6.82. The monoisotopic (exact) mass is 316 g/mol. The number of hydrogen-bond acceptors (Lipinski definition) is 3. The van der Waals surface area contributed by atoms with E-state index in [0.717, 1.165) is 15.8 Å². The maximum Gasteiger partial charge on any atom is 0.0930 e. The van der Waals surface area contributed by atoms with Crippen molar-refractivity contribution in [2.75, 3.05) is 0 Å². The molecule has 0 aromatic carbocycles. The second-order valence-corrected chi connectivity index (χ2v) is 6.72. The van der Waals surface area contributed by atoms with Gasteiger partial charge in [0, 0.05) is 30.9 Å². The van der Waals surface area contributed by atoms with Gasteiger partial charge in [0.05, 0.1) is 6.10 Å². The summed E-state index contributed by atoms with van der Waals surface area (Å²) in [4.78, 5) is 3.62. The van der Waals surface area contributed by atoms with Crippen molar-refractivity contribution in [1.82, 2.24) is 0 Å². The van der Waals surface area contributed by atoms with E-state index in [1.807, 2.05) is 11.4 Å². The predicted molar refractivity (Wildman–Crippen MR) is 74.4 cm³/mol. The number of rotatable bonds is 4. The first-order valence-electron chi connectivity index (χ1n) is 5.18. The summed E-state index contributed by atoms with van der Waals surface area (Å²) in [5, 5.41) is 12.1. The van der Waals surface area contributed by atoms with E-state index in [1.54, 1.807) is 22.7 Å². The minimum absolute atomic E-state index is 0.365. The number of aryl methyl sites for hydroxylation is 1. The minimum Gasteiger partial charge on any atom is -0.387 e. The van der Waals surface area contributed by atoms with Crippen molar-refractivity contribution >= 4 is 38.6 Å². The molecule has 1 N–H and O–H groups in total. The smallest absolute Gasteiger partial charge is 0.0930 e. The van der Waals surface area contributed by atoms with Gasteiger partial charge in [-0.25, -0.2) is 0 Å². The first-order chi connectivity index (χ1) is 7.69. The van der Waals surface area contributed by atoms with Gasteiger partial charge < -0.3 is 5.11 Å². The standard InChI is InChI=1S/C12H13BrOS2/c1-2-9-3-4-12(16-9)11(14)6-10-5-8(13)7-15-10/h3-5,7,11,14H,2,6H2,1H3. The van der Waals surface area contributed by atoms with Crippen molar-refractivity contribution in [2.24, 2.45) is 0 Å². The predicted octanol–water partition coefficient (Wildman–Crippen LogP) is 4.41. The molecule has 0 radical (unpaired) electrons. The molecular weight excluding hydrogens is 304 g/mol. The van der Waals surface area contributed by atoms with Crippen LogP contribution < -0.4 is 0 Å². The van der Waals surface area contributed by atoms with Crippen LogP contribution in [-0.4, -0.2) is 5.11 Å². The normalized spacial score (nSPS) is 12.9. The van der Waals surface area contributed by atoms with Crippen molar-refractivity contribution in [2.45, 2.75) is 25.9 Å². The molecule has 1 unspecified atom stereocenters. The van der Waals surface area contributed by atoms with Gasteiger partial charge in [-0.3, -0.25) is 0 Å². The molecule has 1 atom stereocenters.